The van der Waals surface area contributed by atoms with Crippen molar-refractivity contribution in [3.05, 3.63) is 47.5 Å². The van der Waals surface area contributed by atoms with Gasteiger partial charge in [0.05, 0.1) is 10.5 Å². The minimum atomic E-state index is 0.731. The standard InChI is InChI=1S/C16H16ClN3/c1-2-8-18-16-13-9-12(11-6-4-3-5-7-11)14(17)10-15(13)19-20-16/h3-7,9-10H,2,8H2,1H3,(H2,18,19,20). The first kappa shape index (κ1) is 13.0. The van der Waals surface area contributed by atoms with Crippen LogP contribution in [0.3, 0.4) is 0 Å². The molecular formula is C16H16ClN3. The van der Waals surface area contributed by atoms with Crippen molar-refractivity contribution in [1.82, 2.24) is 10.2 Å². The second-order valence-electron chi connectivity index (χ2n) is 4.74. The Morgan fingerprint density at radius 1 is 1.20 bits per heavy atom. The minimum absolute atomic E-state index is 0.731. The maximum Gasteiger partial charge on any atom is 0.155 e. The quantitative estimate of drug-likeness (QED) is 0.729. The number of aromatic amines is 1. The van der Waals surface area contributed by atoms with Gasteiger partial charge >= 0.3 is 0 Å². The van der Waals surface area contributed by atoms with Gasteiger partial charge in [-0.25, -0.2) is 0 Å². The van der Waals surface area contributed by atoms with Gasteiger partial charge in [-0.3, -0.25) is 5.10 Å². The average molecular weight is 286 g/mol. The predicted molar refractivity (Wildman–Crippen MR) is 85.3 cm³/mol. The molecule has 0 unspecified atom stereocenters. The highest BCUT2D eigenvalue weighted by Gasteiger charge is 2.10. The van der Waals surface area contributed by atoms with Crippen LogP contribution >= 0.6 is 11.6 Å². The predicted octanol–water partition coefficient (Wildman–Crippen LogP) is 4.71. The van der Waals surface area contributed by atoms with Gasteiger partial charge in [-0.2, -0.15) is 5.10 Å². The maximum atomic E-state index is 6.38. The molecule has 0 radical (unpaired) electrons. The van der Waals surface area contributed by atoms with Crippen molar-refractivity contribution in [1.29, 1.82) is 0 Å². The Hall–Kier alpha value is -2.00. The molecule has 0 atom stereocenters. The molecule has 0 aliphatic carbocycles. The number of halogens is 1. The molecule has 0 aliphatic heterocycles. The summed E-state index contributed by atoms with van der Waals surface area (Å²) in [7, 11) is 0. The number of nitrogens with one attached hydrogen (secondary N) is 2. The largest absolute Gasteiger partial charge is 0.368 e. The number of hydrogen-bond acceptors (Lipinski definition) is 2. The van der Waals surface area contributed by atoms with Gasteiger partial charge < -0.3 is 5.32 Å². The average Bonchev–Trinajstić information content (AvgIpc) is 2.87. The lowest BCUT2D eigenvalue weighted by Crippen LogP contribution is -2.00. The molecule has 3 aromatic rings. The fourth-order valence-electron chi connectivity index (χ4n) is 2.26. The Bertz CT molecular complexity index is 719. The van der Waals surface area contributed by atoms with E-state index in [2.05, 4.69) is 40.6 Å². The molecule has 4 heteroatoms. The van der Waals surface area contributed by atoms with Gasteiger partial charge in [-0.1, -0.05) is 48.9 Å². The van der Waals surface area contributed by atoms with E-state index in [1.54, 1.807) is 0 Å². The van der Waals surface area contributed by atoms with E-state index in [9.17, 15) is 0 Å². The van der Waals surface area contributed by atoms with Crippen LogP contribution in [-0.4, -0.2) is 16.7 Å². The van der Waals surface area contributed by atoms with Crippen molar-refractivity contribution in [3.63, 3.8) is 0 Å². The van der Waals surface area contributed by atoms with Crippen LogP contribution in [0.2, 0.25) is 5.02 Å². The number of anilines is 1. The van der Waals surface area contributed by atoms with Gasteiger partial charge in [-0.05, 0) is 24.1 Å². The summed E-state index contributed by atoms with van der Waals surface area (Å²) in [5.74, 6) is 0.885. The normalized spacial score (nSPS) is 10.9. The van der Waals surface area contributed by atoms with Crippen LogP contribution in [0.4, 0.5) is 5.82 Å². The molecule has 1 aromatic heterocycles. The smallest absolute Gasteiger partial charge is 0.155 e. The second kappa shape index (κ2) is 5.55. The van der Waals surface area contributed by atoms with E-state index < -0.39 is 0 Å². The molecular weight excluding hydrogens is 270 g/mol. The van der Waals surface area contributed by atoms with E-state index in [0.29, 0.717) is 0 Å². The summed E-state index contributed by atoms with van der Waals surface area (Å²) >= 11 is 6.38. The number of hydrogen-bond donors (Lipinski definition) is 2. The first-order chi connectivity index (χ1) is 9.79. The van der Waals surface area contributed by atoms with Crippen molar-refractivity contribution < 1.29 is 0 Å². The molecule has 2 aromatic carbocycles. The highest BCUT2D eigenvalue weighted by atomic mass is 35.5. The molecule has 0 amide bonds. The number of H-pyrrole nitrogens is 1. The van der Waals surface area contributed by atoms with E-state index in [1.165, 1.54) is 0 Å². The Kier molecular flexibility index (Phi) is 3.61. The number of rotatable bonds is 4. The van der Waals surface area contributed by atoms with Crippen molar-refractivity contribution in [2.24, 2.45) is 0 Å². The Balaban J connectivity index is 2.11. The molecule has 0 aliphatic rings. The topological polar surface area (TPSA) is 40.7 Å². The molecule has 0 saturated heterocycles. The minimum Gasteiger partial charge on any atom is -0.368 e. The van der Waals surface area contributed by atoms with E-state index >= 15 is 0 Å². The zero-order valence-corrected chi connectivity index (χ0v) is 12.0. The summed E-state index contributed by atoms with van der Waals surface area (Å²) < 4.78 is 0. The summed E-state index contributed by atoms with van der Waals surface area (Å²) in [5.41, 5.74) is 3.09. The van der Waals surface area contributed by atoms with Crippen molar-refractivity contribution >= 4 is 28.3 Å². The van der Waals surface area contributed by atoms with Gasteiger partial charge in [-0.15, -0.1) is 0 Å². The molecule has 20 heavy (non-hydrogen) atoms. The van der Waals surface area contributed by atoms with Crippen LogP contribution in [0.25, 0.3) is 22.0 Å². The lowest BCUT2D eigenvalue weighted by molar-refractivity contribution is 0.963. The van der Waals surface area contributed by atoms with Crippen molar-refractivity contribution in [3.8, 4) is 11.1 Å². The number of fused-ring (bicyclic) bond motifs is 1. The summed E-state index contributed by atoms with van der Waals surface area (Å²) in [6.07, 6.45) is 1.06. The third-order valence-corrected chi connectivity index (χ3v) is 3.59. The number of benzene rings is 2. The van der Waals surface area contributed by atoms with Gasteiger partial charge in [0.2, 0.25) is 0 Å². The zero-order chi connectivity index (χ0) is 13.9. The van der Waals surface area contributed by atoms with Crippen molar-refractivity contribution in [2.75, 3.05) is 11.9 Å². The van der Waals surface area contributed by atoms with Crippen molar-refractivity contribution in [2.45, 2.75) is 13.3 Å². The first-order valence-corrected chi connectivity index (χ1v) is 7.14. The number of nitrogens with zero attached hydrogens (tertiary/aromatic N) is 1. The summed E-state index contributed by atoms with van der Waals surface area (Å²) in [6.45, 7) is 3.04. The van der Waals surface area contributed by atoms with Crippen LogP contribution in [0, 0.1) is 0 Å². The summed E-state index contributed by atoms with van der Waals surface area (Å²) in [4.78, 5) is 0. The third kappa shape index (κ3) is 2.37. The molecule has 3 nitrogen and oxygen atoms in total. The Morgan fingerprint density at radius 3 is 2.75 bits per heavy atom. The lowest BCUT2D eigenvalue weighted by Gasteiger charge is -2.06. The van der Waals surface area contributed by atoms with E-state index in [1.807, 2.05) is 24.3 Å². The Labute approximate surface area is 123 Å². The highest BCUT2D eigenvalue weighted by molar-refractivity contribution is 6.34. The molecule has 1 heterocycles. The van der Waals surface area contributed by atoms with Crippen LogP contribution in [0.5, 0.6) is 0 Å². The fraction of sp³-hybridized carbons (Fsp3) is 0.188. The van der Waals surface area contributed by atoms with Crippen LogP contribution < -0.4 is 5.32 Å². The van der Waals surface area contributed by atoms with Crippen LogP contribution in [0.1, 0.15) is 13.3 Å². The van der Waals surface area contributed by atoms with E-state index in [-0.39, 0.29) is 0 Å². The number of aromatic nitrogens is 2. The van der Waals surface area contributed by atoms with Gasteiger partial charge in [0.15, 0.2) is 5.82 Å². The molecule has 0 fully saturated rings. The van der Waals surface area contributed by atoms with E-state index in [4.69, 9.17) is 11.6 Å². The molecule has 102 valence electrons. The fourth-order valence-corrected chi connectivity index (χ4v) is 2.53. The van der Waals surface area contributed by atoms with Crippen LogP contribution in [-0.2, 0) is 0 Å². The zero-order valence-electron chi connectivity index (χ0n) is 11.3. The molecule has 2 N–H and O–H groups in total. The lowest BCUT2D eigenvalue weighted by atomic mass is 10.0. The SMILES string of the molecule is CCCNc1n[nH]c2cc(Cl)c(-c3ccccc3)cc12. The van der Waals surface area contributed by atoms with Gasteiger partial charge in [0.25, 0.3) is 0 Å². The first-order valence-electron chi connectivity index (χ1n) is 6.76. The molecule has 0 saturated carbocycles. The van der Waals surface area contributed by atoms with Gasteiger partial charge in [0, 0.05) is 17.5 Å². The summed E-state index contributed by atoms with van der Waals surface area (Å²) in [6, 6.07) is 14.2. The third-order valence-electron chi connectivity index (χ3n) is 3.28. The molecule has 0 bridgehead atoms. The molecule has 3 rings (SSSR count). The maximum absolute atomic E-state index is 6.38. The Morgan fingerprint density at radius 2 is 2.00 bits per heavy atom. The monoisotopic (exact) mass is 285 g/mol. The molecule has 0 spiro atoms. The van der Waals surface area contributed by atoms with Crippen LogP contribution in [0.15, 0.2) is 42.5 Å². The second-order valence-corrected chi connectivity index (χ2v) is 5.15. The highest BCUT2D eigenvalue weighted by Crippen LogP contribution is 2.33. The summed E-state index contributed by atoms with van der Waals surface area (Å²) in [5, 5.41) is 12.5. The van der Waals surface area contributed by atoms with E-state index in [0.717, 1.165) is 45.8 Å². The van der Waals surface area contributed by atoms with Gasteiger partial charge in [0.1, 0.15) is 0 Å².